The largest absolute Gasteiger partial charge is 0.494 e. The Labute approximate surface area is 199 Å². The van der Waals surface area contributed by atoms with Crippen LogP contribution in [-0.2, 0) is 6.42 Å². The van der Waals surface area contributed by atoms with Gasteiger partial charge in [-0.15, -0.1) is 0 Å². The van der Waals surface area contributed by atoms with Gasteiger partial charge in [0.25, 0.3) is 0 Å². The lowest BCUT2D eigenvalue weighted by Gasteiger charge is -2.20. The first-order chi connectivity index (χ1) is 16.5. The molecule has 0 bridgehead atoms. The summed E-state index contributed by atoms with van der Waals surface area (Å²) in [5, 5.41) is 4.04. The van der Waals surface area contributed by atoms with Crippen molar-refractivity contribution >= 4 is 17.5 Å². The predicted octanol–water partition coefficient (Wildman–Crippen LogP) is 4.40. The van der Waals surface area contributed by atoms with Crippen LogP contribution in [0.5, 0.6) is 5.75 Å². The summed E-state index contributed by atoms with van der Waals surface area (Å²) < 4.78 is 11.2. The van der Waals surface area contributed by atoms with E-state index in [2.05, 4.69) is 29.0 Å². The number of urea groups is 1. The molecule has 1 aliphatic heterocycles. The van der Waals surface area contributed by atoms with Crippen molar-refractivity contribution in [2.75, 3.05) is 36.9 Å². The fourth-order valence-electron chi connectivity index (χ4n) is 3.92. The summed E-state index contributed by atoms with van der Waals surface area (Å²) in [6.07, 6.45) is 5.24. The maximum Gasteiger partial charge on any atom is 0.324 e. The monoisotopic (exact) mass is 464 g/mol. The lowest BCUT2D eigenvalue weighted by Crippen LogP contribution is -2.33. The zero-order valence-corrected chi connectivity index (χ0v) is 19.8. The lowest BCUT2D eigenvalue weighted by molar-refractivity contribution is 0.214. The molecule has 180 valence electrons. The van der Waals surface area contributed by atoms with Gasteiger partial charge in [-0.2, -0.15) is 4.98 Å². The molecular weight excluding hydrogens is 432 g/mol. The van der Waals surface area contributed by atoms with Gasteiger partial charge in [0.15, 0.2) is 0 Å². The van der Waals surface area contributed by atoms with Crippen molar-refractivity contribution in [1.29, 1.82) is 0 Å². The number of anilines is 2. The van der Waals surface area contributed by atoms with Gasteiger partial charge < -0.3 is 19.9 Å². The van der Waals surface area contributed by atoms with E-state index in [1.54, 1.807) is 17.2 Å². The maximum atomic E-state index is 12.7. The topological polar surface area (TPSA) is 111 Å². The van der Waals surface area contributed by atoms with Crippen LogP contribution in [0.1, 0.15) is 39.0 Å². The third kappa shape index (κ3) is 5.84. The molecule has 1 aliphatic rings. The Kier molecular flexibility index (Phi) is 7.61. The Morgan fingerprint density at radius 3 is 2.76 bits per heavy atom. The van der Waals surface area contributed by atoms with Crippen molar-refractivity contribution < 1.29 is 14.1 Å². The highest BCUT2D eigenvalue weighted by molar-refractivity contribution is 5.94. The molecule has 4 rings (SSSR count). The lowest BCUT2D eigenvalue weighted by atomic mass is 10.0. The number of hydrogen-bond donors (Lipinski definition) is 1. The fourth-order valence-corrected chi connectivity index (χ4v) is 3.92. The second-order valence-electron chi connectivity index (χ2n) is 8.68. The quantitative estimate of drug-likeness (QED) is 0.448. The minimum Gasteiger partial charge on any atom is -0.494 e. The molecule has 2 aromatic heterocycles. The number of pyridine rings is 1. The number of amides is 2. The summed E-state index contributed by atoms with van der Waals surface area (Å²) in [6.45, 7) is 7.02. The molecule has 3 aromatic rings. The van der Waals surface area contributed by atoms with Gasteiger partial charge in [0, 0.05) is 43.9 Å². The third-order valence-corrected chi connectivity index (χ3v) is 5.99. The van der Waals surface area contributed by atoms with Crippen LogP contribution in [0.2, 0.25) is 0 Å². The van der Waals surface area contributed by atoms with E-state index in [0.717, 1.165) is 55.8 Å². The predicted molar refractivity (Wildman–Crippen MR) is 131 cm³/mol. The molecule has 0 aliphatic carbocycles. The van der Waals surface area contributed by atoms with E-state index in [9.17, 15) is 4.79 Å². The molecule has 0 spiro atoms. The number of aromatic nitrogens is 3. The van der Waals surface area contributed by atoms with E-state index >= 15 is 0 Å². The summed E-state index contributed by atoms with van der Waals surface area (Å²) in [7, 11) is 0. The summed E-state index contributed by atoms with van der Waals surface area (Å²) in [6, 6.07) is 11.3. The van der Waals surface area contributed by atoms with Gasteiger partial charge in [0.05, 0.1) is 12.3 Å². The number of nitrogens with zero attached hydrogens (tertiary/aromatic N) is 5. The van der Waals surface area contributed by atoms with Gasteiger partial charge in [0.1, 0.15) is 11.6 Å². The van der Waals surface area contributed by atoms with Crippen LogP contribution < -0.4 is 15.4 Å². The molecule has 2 amide bonds. The fraction of sp³-hybridized carbons (Fsp3) is 0.440. The number of nitrogens with two attached hydrogens (primary N) is 1. The molecule has 0 radical (unpaired) electrons. The van der Waals surface area contributed by atoms with Crippen LogP contribution in [0, 0.1) is 5.92 Å². The van der Waals surface area contributed by atoms with Crippen molar-refractivity contribution in [3.63, 3.8) is 0 Å². The van der Waals surface area contributed by atoms with Crippen molar-refractivity contribution in [1.82, 2.24) is 20.0 Å². The molecular formula is C25H32N6O3. The van der Waals surface area contributed by atoms with Gasteiger partial charge in [0.2, 0.25) is 11.7 Å². The summed E-state index contributed by atoms with van der Waals surface area (Å²) in [5.41, 5.74) is 7.46. The minimum absolute atomic E-state index is 0.0255. The molecule has 0 saturated carbocycles. The standard InChI is InChI=1S/C25H32N6O3/c1-3-4-23-28-24(29-34-23)19-5-7-21(8-6-19)33-16-11-18(2)10-13-30-14-15-31(25(30)32)20-9-12-27-22(26)17-20/h5-9,12,17-18H,3-4,10-11,13-16H2,1-2H3,(H2,26,27). The number of carbonyl (C=O) groups is 1. The Morgan fingerprint density at radius 1 is 1.18 bits per heavy atom. The average molecular weight is 465 g/mol. The molecule has 9 nitrogen and oxygen atoms in total. The van der Waals surface area contributed by atoms with Crippen molar-refractivity contribution in [3.8, 4) is 17.1 Å². The number of carbonyl (C=O) groups excluding carboxylic acids is 1. The smallest absolute Gasteiger partial charge is 0.324 e. The molecule has 3 heterocycles. The Morgan fingerprint density at radius 2 is 2.00 bits per heavy atom. The van der Waals surface area contributed by atoms with Crippen molar-refractivity contribution in [3.05, 3.63) is 48.5 Å². The van der Waals surface area contributed by atoms with Gasteiger partial charge in [-0.3, -0.25) is 4.90 Å². The van der Waals surface area contributed by atoms with E-state index in [0.29, 0.717) is 36.6 Å². The zero-order chi connectivity index (χ0) is 23.9. The number of nitrogen functional groups attached to an aromatic ring is 1. The number of aryl methyl sites for hydroxylation is 1. The first-order valence-corrected chi connectivity index (χ1v) is 11.9. The van der Waals surface area contributed by atoms with Gasteiger partial charge in [-0.1, -0.05) is 19.0 Å². The highest BCUT2D eigenvalue weighted by Crippen LogP contribution is 2.23. The molecule has 1 unspecified atom stereocenters. The Bertz CT molecular complexity index is 1080. The summed E-state index contributed by atoms with van der Waals surface area (Å²) in [4.78, 5) is 24.8. The second kappa shape index (κ2) is 11.0. The van der Waals surface area contributed by atoms with Crippen LogP contribution in [0.4, 0.5) is 16.3 Å². The van der Waals surface area contributed by atoms with Crippen LogP contribution in [-0.4, -0.2) is 52.3 Å². The second-order valence-corrected chi connectivity index (χ2v) is 8.68. The summed E-state index contributed by atoms with van der Waals surface area (Å²) in [5.74, 6) is 2.94. The highest BCUT2D eigenvalue weighted by atomic mass is 16.5. The molecule has 1 atom stereocenters. The Hall–Kier alpha value is -3.62. The summed E-state index contributed by atoms with van der Waals surface area (Å²) >= 11 is 0. The van der Waals surface area contributed by atoms with E-state index in [1.165, 1.54) is 0 Å². The van der Waals surface area contributed by atoms with Gasteiger partial charge >= 0.3 is 6.03 Å². The van der Waals surface area contributed by atoms with Crippen molar-refractivity contribution in [2.24, 2.45) is 5.92 Å². The van der Waals surface area contributed by atoms with E-state index in [1.807, 2.05) is 35.2 Å². The molecule has 1 saturated heterocycles. The first-order valence-electron chi connectivity index (χ1n) is 11.9. The number of ether oxygens (including phenoxy) is 1. The first kappa shape index (κ1) is 23.5. The van der Waals surface area contributed by atoms with Crippen molar-refractivity contribution in [2.45, 2.75) is 39.5 Å². The number of rotatable bonds is 11. The molecule has 1 fully saturated rings. The molecule has 9 heteroatoms. The van der Waals surface area contributed by atoms with Gasteiger partial charge in [-0.25, -0.2) is 9.78 Å². The van der Waals surface area contributed by atoms with Crippen LogP contribution in [0.3, 0.4) is 0 Å². The number of benzene rings is 1. The maximum absolute atomic E-state index is 12.7. The van der Waals surface area contributed by atoms with E-state index in [-0.39, 0.29) is 6.03 Å². The van der Waals surface area contributed by atoms with Crippen LogP contribution in [0.15, 0.2) is 47.1 Å². The van der Waals surface area contributed by atoms with E-state index < -0.39 is 0 Å². The SMILES string of the molecule is CCCc1nc(-c2ccc(OCCC(C)CCN3CCN(c4ccnc(N)c4)C3=O)cc2)no1. The molecule has 1 aromatic carbocycles. The zero-order valence-electron chi connectivity index (χ0n) is 19.8. The normalized spacial score (nSPS) is 14.6. The highest BCUT2D eigenvalue weighted by Gasteiger charge is 2.29. The average Bonchev–Trinajstić information content (AvgIpc) is 3.45. The van der Waals surface area contributed by atoms with Crippen LogP contribution >= 0.6 is 0 Å². The van der Waals surface area contributed by atoms with Crippen LogP contribution in [0.25, 0.3) is 11.4 Å². The van der Waals surface area contributed by atoms with Gasteiger partial charge in [-0.05, 0) is 55.5 Å². The minimum atomic E-state index is 0.0255. The number of hydrogen-bond acceptors (Lipinski definition) is 7. The molecule has 34 heavy (non-hydrogen) atoms. The molecule has 2 N–H and O–H groups in total. The van der Waals surface area contributed by atoms with E-state index in [4.69, 9.17) is 15.0 Å². The third-order valence-electron chi connectivity index (χ3n) is 5.99. The Balaban J connectivity index is 1.18.